The molecule has 1 aliphatic rings. The predicted octanol–water partition coefficient (Wildman–Crippen LogP) is 5.70. The molecule has 0 saturated carbocycles. The van der Waals surface area contributed by atoms with Crippen molar-refractivity contribution in [2.75, 3.05) is 14.2 Å². The number of carbonyl (C=O) groups excluding carboxylic acids is 4. The molecule has 13 heteroatoms. The summed E-state index contributed by atoms with van der Waals surface area (Å²) in [5.74, 6) is -5.37. The number of carboxylic acid groups (broad SMARTS) is 1. The molecule has 0 bridgehead atoms. The molecule has 0 saturated heterocycles. The van der Waals surface area contributed by atoms with Crippen molar-refractivity contribution in [2.24, 2.45) is 0 Å². The van der Waals surface area contributed by atoms with Gasteiger partial charge in [-0.2, -0.15) is 0 Å². The van der Waals surface area contributed by atoms with Gasteiger partial charge >= 0.3 is 23.9 Å². The number of benzene rings is 3. The molecule has 52 heavy (non-hydrogen) atoms. The number of aromatic hydroxyl groups is 1. The normalized spacial score (nSPS) is 15.3. The van der Waals surface area contributed by atoms with Gasteiger partial charge in [0.2, 0.25) is 5.60 Å². The van der Waals surface area contributed by atoms with Crippen LogP contribution in [0.5, 0.6) is 28.7 Å². The number of carbonyl (C=O) groups is 5. The Morgan fingerprint density at radius 2 is 1.10 bits per heavy atom. The molecule has 0 unspecified atom stereocenters. The first-order chi connectivity index (χ1) is 24.2. The smallest absolute Gasteiger partial charge is 0.356 e. The Morgan fingerprint density at radius 3 is 1.62 bits per heavy atom. The average Bonchev–Trinajstić information content (AvgIpc) is 3.07. The molecular weight excluding hydrogens is 676 g/mol. The summed E-state index contributed by atoms with van der Waals surface area (Å²) in [7, 11) is 2.51. The molecular formula is C39H40O13. The lowest BCUT2D eigenvalue weighted by Crippen LogP contribution is -2.47. The number of aliphatic hydroxyl groups is 1. The minimum atomic E-state index is -2.41. The summed E-state index contributed by atoms with van der Waals surface area (Å²) < 4.78 is 27.6. The van der Waals surface area contributed by atoms with Crippen molar-refractivity contribution in [3.63, 3.8) is 0 Å². The van der Waals surface area contributed by atoms with Crippen molar-refractivity contribution >= 4 is 29.7 Å². The quantitative estimate of drug-likeness (QED) is 0.181. The molecule has 13 nitrogen and oxygen atoms in total. The van der Waals surface area contributed by atoms with Crippen LogP contribution in [0.4, 0.5) is 0 Å². The van der Waals surface area contributed by atoms with Gasteiger partial charge in [-0.05, 0) is 118 Å². The highest BCUT2D eigenvalue weighted by atomic mass is 16.6. The van der Waals surface area contributed by atoms with Crippen LogP contribution in [0.1, 0.15) is 82.5 Å². The maximum absolute atomic E-state index is 13.7. The Labute approximate surface area is 300 Å². The summed E-state index contributed by atoms with van der Waals surface area (Å²) in [6.07, 6.45) is 2.03. The molecule has 0 spiro atoms. The highest BCUT2D eigenvalue weighted by Crippen LogP contribution is 2.39. The van der Waals surface area contributed by atoms with Gasteiger partial charge in [-0.25, -0.2) is 19.2 Å². The maximum Gasteiger partial charge on any atom is 0.356 e. The third kappa shape index (κ3) is 6.50. The number of carboxylic acids is 1. The first-order valence-corrected chi connectivity index (χ1v) is 16.0. The maximum atomic E-state index is 13.7. The zero-order valence-electron chi connectivity index (χ0n) is 30.7. The van der Waals surface area contributed by atoms with Crippen molar-refractivity contribution in [1.82, 2.24) is 0 Å². The number of hydrogen-bond acceptors (Lipinski definition) is 12. The first kappa shape index (κ1) is 38.8. The van der Waals surface area contributed by atoms with E-state index in [0.717, 1.165) is 18.2 Å². The van der Waals surface area contributed by atoms with Crippen LogP contribution in [0.15, 0.2) is 35.6 Å². The SMILES string of the molecule is COC1=CC(=O)C=C(C)[C@]1(O)C(=O)Oc1cc(O)c(C(=O)Oc2cc(OC)c(C(=O)Oc3c(C)c(C)c(C(=O)O)c(C)c3C)c(C)c2C)c(C)c1C. The van der Waals surface area contributed by atoms with Gasteiger partial charge in [-0.3, -0.25) is 4.79 Å². The van der Waals surface area contributed by atoms with Crippen molar-refractivity contribution in [3.8, 4) is 28.7 Å². The number of methoxy groups -OCH3 is 2. The molecule has 0 aliphatic heterocycles. The minimum absolute atomic E-state index is 0.0166. The second kappa shape index (κ2) is 14.3. The summed E-state index contributed by atoms with van der Waals surface area (Å²) in [4.78, 5) is 64.2. The Hall–Kier alpha value is -5.95. The van der Waals surface area contributed by atoms with E-state index in [9.17, 15) is 39.3 Å². The van der Waals surface area contributed by atoms with E-state index < -0.39 is 41.0 Å². The number of phenolic OH excluding ortho intramolecular Hbond substituents is 1. The van der Waals surface area contributed by atoms with E-state index in [1.54, 1.807) is 41.5 Å². The molecule has 1 aliphatic carbocycles. The topological polar surface area (TPSA) is 192 Å². The first-order valence-electron chi connectivity index (χ1n) is 16.0. The van der Waals surface area contributed by atoms with Gasteiger partial charge in [0.1, 0.15) is 45.6 Å². The fraction of sp³-hybridized carbons (Fsp3) is 0.308. The number of allylic oxidation sites excluding steroid dienone is 2. The molecule has 3 aromatic carbocycles. The molecule has 3 N–H and O–H groups in total. The molecule has 0 heterocycles. The van der Waals surface area contributed by atoms with Gasteiger partial charge in [-0.1, -0.05) is 0 Å². The lowest BCUT2D eigenvalue weighted by molar-refractivity contribution is -0.151. The van der Waals surface area contributed by atoms with E-state index in [1.165, 1.54) is 41.1 Å². The van der Waals surface area contributed by atoms with E-state index >= 15 is 0 Å². The standard InChI is InChI=1S/C39H40O13/c1-16-12-25(40)13-30(49-11)39(16,47)38(46)51-27-14-26(41)32(19(4)17(27)2)36(44)50-28-15-29(48-10)33(20(5)18(28)3)37(45)52-34-23(8)21(6)31(35(42)43)22(7)24(34)9/h12-15,41,47H,1-11H3,(H,42,43)/t39-/m1/s1. The van der Waals surface area contributed by atoms with Gasteiger partial charge in [0.05, 0.1) is 19.8 Å². The van der Waals surface area contributed by atoms with Crippen LogP contribution in [-0.2, 0) is 14.3 Å². The molecule has 3 aromatic rings. The minimum Gasteiger partial charge on any atom is -0.507 e. The number of aromatic carboxylic acids is 1. The monoisotopic (exact) mass is 716 g/mol. The van der Waals surface area contributed by atoms with Crippen molar-refractivity contribution in [2.45, 2.75) is 67.9 Å². The highest BCUT2D eigenvalue weighted by molar-refractivity contribution is 6.06. The van der Waals surface area contributed by atoms with E-state index in [0.29, 0.717) is 33.4 Å². The molecule has 4 rings (SSSR count). The zero-order valence-corrected chi connectivity index (χ0v) is 30.7. The summed E-state index contributed by atoms with van der Waals surface area (Å²) in [6, 6.07) is 2.36. The zero-order chi connectivity index (χ0) is 39.1. The van der Waals surface area contributed by atoms with Crippen LogP contribution in [0, 0.1) is 55.4 Å². The number of phenols is 1. The van der Waals surface area contributed by atoms with Crippen molar-refractivity contribution in [3.05, 3.63) is 96.8 Å². The van der Waals surface area contributed by atoms with Gasteiger partial charge < -0.3 is 39.0 Å². The second-order valence-corrected chi connectivity index (χ2v) is 12.6. The number of hydrogen-bond donors (Lipinski definition) is 3. The summed E-state index contributed by atoms with van der Waals surface area (Å²) in [6.45, 7) is 14.2. The van der Waals surface area contributed by atoms with Crippen LogP contribution in [0.3, 0.4) is 0 Å². The van der Waals surface area contributed by atoms with Crippen LogP contribution < -0.4 is 18.9 Å². The predicted molar refractivity (Wildman–Crippen MR) is 187 cm³/mol. The largest absolute Gasteiger partial charge is 0.507 e. The van der Waals surface area contributed by atoms with Gasteiger partial charge in [0, 0.05) is 18.2 Å². The molecule has 0 aromatic heterocycles. The fourth-order valence-electron chi connectivity index (χ4n) is 6.09. The van der Waals surface area contributed by atoms with Gasteiger partial charge in [0.15, 0.2) is 5.78 Å². The van der Waals surface area contributed by atoms with E-state index in [-0.39, 0.29) is 62.1 Å². The summed E-state index contributed by atoms with van der Waals surface area (Å²) in [5.41, 5.74) is 0.609. The summed E-state index contributed by atoms with van der Waals surface area (Å²) in [5, 5.41) is 31.9. The second-order valence-electron chi connectivity index (χ2n) is 12.6. The Bertz CT molecular complexity index is 2120. The molecule has 0 radical (unpaired) electrons. The van der Waals surface area contributed by atoms with Crippen molar-refractivity contribution < 1.29 is 63.0 Å². The average molecular weight is 717 g/mol. The van der Waals surface area contributed by atoms with E-state index in [1.807, 2.05) is 0 Å². The Morgan fingerprint density at radius 1 is 0.596 bits per heavy atom. The fourth-order valence-corrected chi connectivity index (χ4v) is 6.09. The van der Waals surface area contributed by atoms with E-state index in [2.05, 4.69) is 0 Å². The van der Waals surface area contributed by atoms with Crippen LogP contribution in [0.25, 0.3) is 0 Å². The van der Waals surface area contributed by atoms with Crippen LogP contribution in [-0.4, -0.2) is 64.8 Å². The number of esters is 3. The Kier molecular flexibility index (Phi) is 10.7. The van der Waals surface area contributed by atoms with Crippen LogP contribution >= 0.6 is 0 Å². The van der Waals surface area contributed by atoms with Crippen molar-refractivity contribution in [1.29, 1.82) is 0 Å². The van der Waals surface area contributed by atoms with Gasteiger partial charge in [0.25, 0.3) is 0 Å². The number of ether oxygens (including phenoxy) is 5. The Balaban J connectivity index is 1.66. The molecule has 274 valence electrons. The summed E-state index contributed by atoms with van der Waals surface area (Å²) >= 11 is 0. The third-order valence-corrected chi connectivity index (χ3v) is 9.72. The van der Waals surface area contributed by atoms with E-state index in [4.69, 9.17) is 23.7 Å². The number of rotatable bonds is 9. The molecule has 0 amide bonds. The highest BCUT2D eigenvalue weighted by Gasteiger charge is 2.48. The van der Waals surface area contributed by atoms with Gasteiger partial charge in [-0.15, -0.1) is 0 Å². The molecule has 0 fully saturated rings. The number of ketones is 1. The lowest BCUT2D eigenvalue weighted by Gasteiger charge is -2.30. The third-order valence-electron chi connectivity index (χ3n) is 9.72. The lowest BCUT2D eigenvalue weighted by atomic mass is 9.87. The van der Waals surface area contributed by atoms with Crippen LogP contribution in [0.2, 0.25) is 0 Å². The molecule has 1 atom stereocenters.